The van der Waals surface area contributed by atoms with Crippen molar-refractivity contribution >= 4 is 27.4 Å². The number of amides is 1. The molecule has 16 heavy (non-hydrogen) atoms. The molecule has 1 atom stereocenters. The Balaban J connectivity index is 2.59. The summed E-state index contributed by atoms with van der Waals surface area (Å²) in [6.07, 6.45) is 2.86. The molecule has 0 aliphatic heterocycles. The highest BCUT2D eigenvalue weighted by Crippen LogP contribution is 2.25. The molecule has 1 N–H and O–H groups in total. The number of rotatable bonds is 5. The van der Waals surface area contributed by atoms with Gasteiger partial charge in [0, 0.05) is 5.92 Å². The number of thiazole rings is 1. The van der Waals surface area contributed by atoms with Crippen LogP contribution in [0.5, 0.6) is 0 Å². The first kappa shape index (κ1) is 12.6. The van der Waals surface area contributed by atoms with E-state index in [1.807, 2.05) is 13.8 Å². The van der Waals surface area contributed by atoms with E-state index >= 15 is 0 Å². The largest absolute Gasteiger partial charge is 0.345 e. The Morgan fingerprint density at radius 2 is 2.44 bits per heavy atom. The molecule has 0 radical (unpaired) electrons. The van der Waals surface area contributed by atoms with E-state index in [9.17, 15) is 14.9 Å². The van der Waals surface area contributed by atoms with Crippen molar-refractivity contribution in [1.29, 1.82) is 0 Å². The minimum absolute atomic E-state index is 0.0709. The van der Waals surface area contributed by atoms with Crippen molar-refractivity contribution in [1.82, 2.24) is 4.98 Å². The maximum Gasteiger partial charge on any atom is 0.345 e. The smallest absolute Gasteiger partial charge is 0.302 e. The minimum atomic E-state index is -0.525. The van der Waals surface area contributed by atoms with Gasteiger partial charge in [0.25, 0.3) is 0 Å². The second kappa shape index (κ2) is 5.55. The summed E-state index contributed by atoms with van der Waals surface area (Å²) >= 11 is 0.863. The van der Waals surface area contributed by atoms with Crippen LogP contribution in [0.3, 0.4) is 0 Å². The van der Waals surface area contributed by atoms with Gasteiger partial charge in [0.05, 0.1) is 4.92 Å². The monoisotopic (exact) mass is 243 g/mol. The lowest BCUT2D eigenvalue weighted by Gasteiger charge is -2.08. The zero-order valence-electron chi connectivity index (χ0n) is 9.10. The summed E-state index contributed by atoms with van der Waals surface area (Å²) in [5, 5.41) is 13.2. The summed E-state index contributed by atoms with van der Waals surface area (Å²) in [5.41, 5.74) is 0. The predicted molar refractivity (Wildman–Crippen MR) is 61.5 cm³/mol. The summed E-state index contributed by atoms with van der Waals surface area (Å²) < 4.78 is 0. The highest BCUT2D eigenvalue weighted by molar-refractivity contribution is 7.18. The number of carbonyl (C=O) groups excluding carboxylic acids is 1. The molecule has 1 heterocycles. The van der Waals surface area contributed by atoms with Gasteiger partial charge in [0.2, 0.25) is 5.91 Å². The van der Waals surface area contributed by atoms with Gasteiger partial charge in [0.15, 0.2) is 5.13 Å². The number of hydrogen-bond acceptors (Lipinski definition) is 5. The molecule has 1 amide bonds. The first-order valence-electron chi connectivity index (χ1n) is 4.95. The topological polar surface area (TPSA) is 85.1 Å². The molecule has 1 rings (SSSR count). The van der Waals surface area contributed by atoms with Gasteiger partial charge in [-0.15, -0.1) is 0 Å². The first-order valence-corrected chi connectivity index (χ1v) is 5.77. The Hall–Kier alpha value is -1.50. The van der Waals surface area contributed by atoms with Crippen molar-refractivity contribution in [3.63, 3.8) is 0 Å². The number of aromatic nitrogens is 1. The van der Waals surface area contributed by atoms with Gasteiger partial charge >= 0.3 is 5.00 Å². The van der Waals surface area contributed by atoms with Crippen LogP contribution in [0.25, 0.3) is 0 Å². The van der Waals surface area contributed by atoms with Crippen molar-refractivity contribution in [3.8, 4) is 0 Å². The molecule has 88 valence electrons. The Labute approximate surface area is 96.8 Å². The Kier molecular flexibility index (Phi) is 4.36. The van der Waals surface area contributed by atoms with E-state index < -0.39 is 4.92 Å². The van der Waals surface area contributed by atoms with E-state index in [1.165, 1.54) is 0 Å². The maximum absolute atomic E-state index is 11.6. The molecule has 0 aromatic carbocycles. The fourth-order valence-electron chi connectivity index (χ4n) is 1.20. The lowest BCUT2D eigenvalue weighted by molar-refractivity contribution is -0.380. The van der Waals surface area contributed by atoms with Crippen LogP contribution in [0.4, 0.5) is 10.1 Å². The highest BCUT2D eigenvalue weighted by Gasteiger charge is 2.16. The van der Waals surface area contributed by atoms with Crippen LogP contribution in [0.1, 0.15) is 26.7 Å². The molecule has 0 saturated carbocycles. The number of nitrogens with zero attached hydrogens (tertiary/aromatic N) is 2. The van der Waals surface area contributed by atoms with E-state index in [0.29, 0.717) is 0 Å². The molecular formula is C9H13N3O3S. The zero-order valence-corrected chi connectivity index (χ0v) is 9.91. The standard InChI is InChI=1S/C9H13N3O3S/c1-3-4-6(2)8(13)11-9-10-5-7(16-9)12(14)15/h5-6H,3-4H2,1-2H3,(H,10,11,13)/t6-/m0/s1. The molecule has 1 aromatic heterocycles. The summed E-state index contributed by atoms with van der Waals surface area (Å²) in [6.45, 7) is 3.82. The lowest BCUT2D eigenvalue weighted by Crippen LogP contribution is -2.19. The van der Waals surface area contributed by atoms with Crippen LogP contribution in [0.15, 0.2) is 6.20 Å². The van der Waals surface area contributed by atoms with E-state index in [2.05, 4.69) is 10.3 Å². The maximum atomic E-state index is 11.6. The SMILES string of the molecule is CCC[C@H](C)C(=O)Nc1ncc([N+](=O)[O-])s1. The highest BCUT2D eigenvalue weighted by atomic mass is 32.1. The van der Waals surface area contributed by atoms with Crippen molar-refractivity contribution < 1.29 is 9.72 Å². The Morgan fingerprint density at radius 1 is 1.75 bits per heavy atom. The molecule has 0 saturated heterocycles. The van der Waals surface area contributed by atoms with Gasteiger partial charge in [-0.2, -0.15) is 0 Å². The number of hydrogen-bond donors (Lipinski definition) is 1. The number of nitrogens with one attached hydrogen (secondary N) is 1. The van der Waals surface area contributed by atoms with E-state index in [-0.39, 0.29) is 22.0 Å². The fraction of sp³-hybridized carbons (Fsp3) is 0.556. The zero-order chi connectivity index (χ0) is 12.1. The number of nitro groups is 1. The van der Waals surface area contributed by atoms with Gasteiger partial charge in [-0.3, -0.25) is 14.9 Å². The molecule has 6 nitrogen and oxygen atoms in total. The van der Waals surface area contributed by atoms with Gasteiger partial charge in [-0.1, -0.05) is 20.3 Å². The third kappa shape index (κ3) is 3.27. The van der Waals surface area contributed by atoms with Crippen molar-refractivity contribution in [2.75, 3.05) is 5.32 Å². The molecule has 0 fully saturated rings. The second-order valence-corrected chi connectivity index (χ2v) is 4.45. The summed E-state index contributed by atoms with van der Waals surface area (Å²) in [4.78, 5) is 25.2. The van der Waals surface area contributed by atoms with Crippen molar-refractivity contribution in [2.24, 2.45) is 5.92 Å². The summed E-state index contributed by atoms with van der Waals surface area (Å²) in [5.74, 6) is -0.251. The molecule has 0 unspecified atom stereocenters. The Bertz CT molecular complexity index is 391. The van der Waals surface area contributed by atoms with Gasteiger partial charge in [0.1, 0.15) is 6.20 Å². The van der Waals surface area contributed by atoms with Crippen LogP contribution in [0.2, 0.25) is 0 Å². The number of anilines is 1. The van der Waals surface area contributed by atoms with Crippen LogP contribution < -0.4 is 5.32 Å². The molecule has 0 aliphatic rings. The first-order chi connectivity index (χ1) is 7.54. The van der Waals surface area contributed by atoms with Crippen molar-refractivity contribution in [3.05, 3.63) is 16.3 Å². The van der Waals surface area contributed by atoms with E-state index in [4.69, 9.17) is 0 Å². The van der Waals surface area contributed by atoms with E-state index in [1.54, 1.807) is 0 Å². The van der Waals surface area contributed by atoms with Gasteiger partial charge < -0.3 is 5.32 Å². The van der Waals surface area contributed by atoms with E-state index in [0.717, 1.165) is 30.4 Å². The molecule has 0 spiro atoms. The molecule has 7 heteroatoms. The van der Waals surface area contributed by atoms with Gasteiger partial charge in [-0.25, -0.2) is 4.98 Å². The average Bonchev–Trinajstić information content (AvgIpc) is 2.66. The lowest BCUT2D eigenvalue weighted by atomic mass is 10.1. The van der Waals surface area contributed by atoms with Crippen molar-refractivity contribution in [2.45, 2.75) is 26.7 Å². The van der Waals surface area contributed by atoms with Crippen LogP contribution >= 0.6 is 11.3 Å². The molecule has 0 bridgehead atoms. The Morgan fingerprint density at radius 3 is 2.94 bits per heavy atom. The minimum Gasteiger partial charge on any atom is -0.302 e. The molecule has 0 aliphatic carbocycles. The van der Waals surface area contributed by atoms with Crippen LogP contribution in [-0.2, 0) is 4.79 Å². The quantitative estimate of drug-likeness (QED) is 0.635. The fourth-order valence-corrected chi connectivity index (χ4v) is 1.84. The third-order valence-electron chi connectivity index (χ3n) is 2.07. The third-order valence-corrected chi connectivity index (χ3v) is 2.94. The van der Waals surface area contributed by atoms with Crippen LogP contribution in [-0.4, -0.2) is 15.8 Å². The predicted octanol–water partition coefficient (Wildman–Crippen LogP) is 2.43. The molecular weight excluding hydrogens is 230 g/mol. The van der Waals surface area contributed by atoms with Crippen LogP contribution in [0, 0.1) is 16.0 Å². The number of carbonyl (C=O) groups is 1. The summed E-state index contributed by atoms with van der Waals surface area (Å²) in [7, 11) is 0. The molecule has 1 aromatic rings. The van der Waals surface area contributed by atoms with Gasteiger partial charge in [-0.05, 0) is 17.8 Å². The normalized spacial score (nSPS) is 12.1. The second-order valence-electron chi connectivity index (χ2n) is 3.44. The average molecular weight is 243 g/mol. The summed E-state index contributed by atoms with van der Waals surface area (Å²) in [6, 6.07) is 0.